The number of amides is 1. The molecular weight excluding hydrogens is 300 g/mol. The summed E-state index contributed by atoms with van der Waals surface area (Å²) < 4.78 is 0. The third kappa shape index (κ3) is 4.51. The highest BCUT2D eigenvalue weighted by atomic mass is 16.6. The molecule has 1 aromatic carbocycles. The van der Waals surface area contributed by atoms with E-state index in [1.165, 1.54) is 18.2 Å². The highest BCUT2D eigenvalue weighted by Crippen LogP contribution is 2.27. The van der Waals surface area contributed by atoms with Crippen molar-refractivity contribution in [1.29, 1.82) is 0 Å². The van der Waals surface area contributed by atoms with Crippen LogP contribution in [-0.2, 0) is 4.79 Å². The second-order valence-corrected chi connectivity index (χ2v) is 5.86. The third-order valence-corrected chi connectivity index (χ3v) is 3.88. The van der Waals surface area contributed by atoms with Gasteiger partial charge in [-0.15, -0.1) is 0 Å². The number of nitrogens with one attached hydrogen (secondary N) is 1. The Hall–Kier alpha value is -2.44. The molecule has 1 amide bonds. The van der Waals surface area contributed by atoms with Gasteiger partial charge in [0, 0.05) is 17.2 Å². The zero-order chi connectivity index (χ0) is 17.7. The molecule has 126 valence electrons. The van der Waals surface area contributed by atoms with Crippen molar-refractivity contribution in [2.24, 2.45) is 5.92 Å². The normalized spacial score (nSPS) is 13.4. The maximum absolute atomic E-state index is 12.2. The van der Waals surface area contributed by atoms with Crippen LogP contribution in [0.2, 0.25) is 0 Å². The van der Waals surface area contributed by atoms with E-state index in [4.69, 9.17) is 0 Å². The number of carbonyl (C=O) groups excluding carboxylic acids is 1. The van der Waals surface area contributed by atoms with E-state index in [9.17, 15) is 24.8 Å². The molecule has 0 aliphatic heterocycles. The molecule has 0 spiro atoms. The summed E-state index contributed by atoms with van der Waals surface area (Å²) in [7, 11) is 0. The maximum atomic E-state index is 12.2. The standard InChI is InChI=1S/C16H22N2O5/c1-5-10(4)14(16(20)21)17-15(19)11-6-7-12(9(2)3)13(8-11)18(22)23/h6-10,14H,5H2,1-4H3,(H,17,19)(H,20,21)/t10-,14-/m0/s1. The first-order chi connectivity index (χ1) is 10.7. The van der Waals surface area contributed by atoms with Gasteiger partial charge >= 0.3 is 5.97 Å². The second-order valence-electron chi connectivity index (χ2n) is 5.86. The molecule has 0 saturated carbocycles. The van der Waals surface area contributed by atoms with E-state index in [1.807, 2.05) is 20.8 Å². The van der Waals surface area contributed by atoms with Crippen molar-refractivity contribution in [2.75, 3.05) is 0 Å². The van der Waals surface area contributed by atoms with Crippen molar-refractivity contribution < 1.29 is 19.6 Å². The van der Waals surface area contributed by atoms with Gasteiger partial charge in [-0.25, -0.2) is 4.79 Å². The van der Waals surface area contributed by atoms with Crippen molar-refractivity contribution in [1.82, 2.24) is 5.32 Å². The summed E-state index contributed by atoms with van der Waals surface area (Å²) in [5.74, 6) is -2.06. The Kier molecular flexibility index (Phi) is 6.24. The molecular formula is C16H22N2O5. The third-order valence-electron chi connectivity index (χ3n) is 3.88. The Morgan fingerprint density at radius 3 is 2.35 bits per heavy atom. The molecule has 0 aliphatic rings. The van der Waals surface area contributed by atoms with Crippen molar-refractivity contribution in [3.05, 3.63) is 39.4 Å². The van der Waals surface area contributed by atoms with Crippen LogP contribution in [0.5, 0.6) is 0 Å². The average Bonchev–Trinajstić information content (AvgIpc) is 2.50. The predicted octanol–water partition coefficient (Wildman–Crippen LogP) is 2.95. The van der Waals surface area contributed by atoms with Gasteiger partial charge in [-0.05, 0) is 17.9 Å². The Morgan fingerprint density at radius 1 is 1.30 bits per heavy atom. The Bertz CT molecular complexity index is 612. The molecule has 0 fully saturated rings. The molecule has 7 nitrogen and oxygen atoms in total. The van der Waals surface area contributed by atoms with Gasteiger partial charge in [0.15, 0.2) is 0 Å². The molecule has 0 heterocycles. The monoisotopic (exact) mass is 322 g/mol. The SMILES string of the molecule is CC[C@H](C)[C@H](NC(=O)c1ccc(C(C)C)c([N+](=O)[O-])c1)C(=O)O. The summed E-state index contributed by atoms with van der Waals surface area (Å²) in [5.41, 5.74) is 0.474. The number of aliphatic carboxylic acids is 1. The quantitative estimate of drug-likeness (QED) is 0.592. The minimum absolute atomic E-state index is 0.0561. The molecule has 7 heteroatoms. The van der Waals surface area contributed by atoms with Crippen LogP contribution in [0, 0.1) is 16.0 Å². The molecule has 0 unspecified atom stereocenters. The fraction of sp³-hybridized carbons (Fsp3) is 0.500. The van der Waals surface area contributed by atoms with Crippen molar-refractivity contribution in [3.8, 4) is 0 Å². The Labute approximate surface area is 134 Å². The van der Waals surface area contributed by atoms with Crippen molar-refractivity contribution in [3.63, 3.8) is 0 Å². The molecule has 0 saturated heterocycles. The van der Waals surface area contributed by atoms with E-state index >= 15 is 0 Å². The molecule has 0 aromatic heterocycles. The van der Waals surface area contributed by atoms with Crippen LogP contribution in [-0.4, -0.2) is 27.9 Å². The van der Waals surface area contributed by atoms with Crippen molar-refractivity contribution >= 4 is 17.6 Å². The lowest BCUT2D eigenvalue weighted by Gasteiger charge is -2.20. The molecule has 23 heavy (non-hydrogen) atoms. The largest absolute Gasteiger partial charge is 0.480 e. The highest BCUT2D eigenvalue weighted by Gasteiger charge is 2.27. The number of carboxylic acids is 1. The molecule has 2 atom stereocenters. The van der Waals surface area contributed by atoms with Crippen LogP contribution in [0.25, 0.3) is 0 Å². The fourth-order valence-corrected chi connectivity index (χ4v) is 2.24. The zero-order valence-corrected chi connectivity index (χ0v) is 13.7. The number of hydrogen-bond donors (Lipinski definition) is 2. The summed E-state index contributed by atoms with van der Waals surface area (Å²) in [6, 6.07) is 3.18. The maximum Gasteiger partial charge on any atom is 0.326 e. The number of carbonyl (C=O) groups is 2. The molecule has 1 rings (SSSR count). The van der Waals surface area contributed by atoms with Gasteiger partial charge in [0.1, 0.15) is 6.04 Å². The minimum Gasteiger partial charge on any atom is -0.480 e. The smallest absolute Gasteiger partial charge is 0.326 e. The molecule has 0 radical (unpaired) electrons. The first-order valence-electron chi connectivity index (χ1n) is 7.51. The second kappa shape index (κ2) is 7.71. The molecule has 2 N–H and O–H groups in total. The minimum atomic E-state index is -1.12. The number of hydrogen-bond acceptors (Lipinski definition) is 4. The van der Waals surface area contributed by atoms with E-state index in [2.05, 4.69) is 5.32 Å². The van der Waals surface area contributed by atoms with Gasteiger partial charge in [0.25, 0.3) is 11.6 Å². The zero-order valence-electron chi connectivity index (χ0n) is 13.7. The number of benzene rings is 1. The van der Waals surface area contributed by atoms with Crippen molar-refractivity contribution in [2.45, 2.75) is 46.1 Å². The predicted molar refractivity (Wildman–Crippen MR) is 85.5 cm³/mol. The van der Waals surface area contributed by atoms with Crippen LogP contribution in [0.4, 0.5) is 5.69 Å². The number of carboxylic acid groups (broad SMARTS) is 1. The van der Waals surface area contributed by atoms with Gasteiger partial charge < -0.3 is 10.4 Å². The van der Waals surface area contributed by atoms with Crippen LogP contribution in [0.1, 0.15) is 56.0 Å². The fourth-order valence-electron chi connectivity index (χ4n) is 2.24. The van der Waals surface area contributed by atoms with E-state index in [0.717, 1.165) is 0 Å². The average molecular weight is 322 g/mol. The topological polar surface area (TPSA) is 110 Å². The number of rotatable bonds is 7. The Balaban J connectivity index is 3.11. The lowest BCUT2D eigenvalue weighted by atomic mass is 9.97. The van der Waals surface area contributed by atoms with E-state index < -0.39 is 22.8 Å². The van der Waals surface area contributed by atoms with Gasteiger partial charge in [0.2, 0.25) is 0 Å². The summed E-state index contributed by atoms with van der Waals surface area (Å²) in [6.45, 7) is 7.20. The van der Waals surface area contributed by atoms with E-state index in [0.29, 0.717) is 12.0 Å². The molecule has 1 aromatic rings. The van der Waals surface area contributed by atoms with Gasteiger partial charge in [0.05, 0.1) is 4.92 Å². The van der Waals surface area contributed by atoms with Gasteiger partial charge in [-0.3, -0.25) is 14.9 Å². The van der Waals surface area contributed by atoms with Crippen LogP contribution < -0.4 is 5.32 Å². The summed E-state index contributed by atoms with van der Waals surface area (Å²) in [4.78, 5) is 34.1. The Morgan fingerprint density at radius 2 is 1.91 bits per heavy atom. The van der Waals surface area contributed by atoms with Gasteiger partial charge in [-0.1, -0.05) is 40.2 Å². The lowest BCUT2D eigenvalue weighted by molar-refractivity contribution is -0.385. The molecule has 0 bridgehead atoms. The molecule has 0 aliphatic carbocycles. The van der Waals surface area contributed by atoms with Crippen LogP contribution in [0.15, 0.2) is 18.2 Å². The first kappa shape index (κ1) is 18.6. The highest BCUT2D eigenvalue weighted by molar-refractivity contribution is 5.97. The van der Waals surface area contributed by atoms with Crippen LogP contribution in [0.3, 0.4) is 0 Å². The van der Waals surface area contributed by atoms with E-state index in [1.54, 1.807) is 6.92 Å². The summed E-state index contributed by atoms with van der Waals surface area (Å²) >= 11 is 0. The summed E-state index contributed by atoms with van der Waals surface area (Å²) in [6.07, 6.45) is 0.587. The number of nitro benzene ring substituents is 1. The van der Waals surface area contributed by atoms with Gasteiger partial charge in [-0.2, -0.15) is 0 Å². The lowest BCUT2D eigenvalue weighted by Crippen LogP contribution is -2.45. The number of nitrogens with zero attached hydrogens (tertiary/aromatic N) is 1. The van der Waals surface area contributed by atoms with Crippen LogP contribution >= 0.6 is 0 Å². The summed E-state index contributed by atoms with van der Waals surface area (Å²) in [5, 5.41) is 22.8. The first-order valence-corrected chi connectivity index (χ1v) is 7.51. The number of nitro groups is 1. The van der Waals surface area contributed by atoms with E-state index in [-0.39, 0.29) is 23.1 Å².